The first kappa shape index (κ1) is 31.0. The van der Waals surface area contributed by atoms with E-state index in [-0.39, 0.29) is 12.1 Å². The molecule has 2 N–H and O–H groups in total. The topological polar surface area (TPSA) is 111 Å². The summed E-state index contributed by atoms with van der Waals surface area (Å²) in [7, 11) is 0. The molecule has 2 aliphatic carbocycles. The lowest BCUT2D eigenvalue weighted by atomic mass is 9.94. The van der Waals surface area contributed by atoms with E-state index in [1.54, 1.807) is 84.9 Å². The van der Waals surface area contributed by atoms with Gasteiger partial charge in [-0.2, -0.15) is 0 Å². The van der Waals surface area contributed by atoms with Gasteiger partial charge in [-0.3, -0.25) is 9.59 Å². The van der Waals surface area contributed by atoms with Crippen molar-refractivity contribution in [3.8, 4) is 0 Å². The molecule has 8 heteroatoms. The van der Waals surface area contributed by atoms with Gasteiger partial charge >= 0.3 is 11.9 Å². The van der Waals surface area contributed by atoms with Crippen molar-refractivity contribution >= 4 is 23.8 Å². The first-order valence-electron chi connectivity index (χ1n) is 15.7. The van der Waals surface area contributed by atoms with Crippen LogP contribution in [0.5, 0.6) is 0 Å². The summed E-state index contributed by atoms with van der Waals surface area (Å²) < 4.78 is 11.7. The molecule has 0 saturated heterocycles. The van der Waals surface area contributed by atoms with Crippen molar-refractivity contribution in [2.24, 2.45) is 0 Å². The molecule has 230 valence electrons. The highest BCUT2D eigenvalue weighted by molar-refractivity contribution is 5.94. The molecule has 0 spiro atoms. The smallest absolute Gasteiger partial charge is 0.339 e. The van der Waals surface area contributed by atoms with Crippen LogP contribution in [0.3, 0.4) is 0 Å². The standard InChI is InChI=1S/C36H40N2O6/c39-33(37-29-20-9-3-10-21-29)31(43-35(41)25-14-5-1-6-15-25)27-18-13-19-28(24-27)32(34(40)38-30-22-11-4-12-23-30)44-36(42)26-16-7-2-8-17-26/h1-2,5-8,13-19,24,29-32H,3-4,9-12,20-23H2,(H,37,39)(H,38,40). The van der Waals surface area contributed by atoms with E-state index in [1.807, 2.05) is 0 Å². The van der Waals surface area contributed by atoms with E-state index in [0.717, 1.165) is 64.2 Å². The molecule has 3 aromatic rings. The van der Waals surface area contributed by atoms with Crippen LogP contribution in [0, 0.1) is 0 Å². The van der Waals surface area contributed by atoms with Gasteiger partial charge < -0.3 is 20.1 Å². The maximum Gasteiger partial charge on any atom is 0.339 e. The van der Waals surface area contributed by atoms with Gasteiger partial charge in [0.25, 0.3) is 11.8 Å². The summed E-state index contributed by atoms with van der Waals surface area (Å²) >= 11 is 0. The van der Waals surface area contributed by atoms with Gasteiger partial charge in [-0.1, -0.05) is 93.1 Å². The van der Waals surface area contributed by atoms with Crippen molar-refractivity contribution in [1.82, 2.24) is 10.6 Å². The maximum absolute atomic E-state index is 13.7. The Morgan fingerprint density at radius 3 is 1.30 bits per heavy atom. The number of benzene rings is 3. The first-order chi connectivity index (χ1) is 21.5. The molecule has 2 saturated carbocycles. The Balaban J connectivity index is 1.44. The molecule has 0 aliphatic heterocycles. The summed E-state index contributed by atoms with van der Waals surface area (Å²) in [5.74, 6) is -2.13. The van der Waals surface area contributed by atoms with Crippen molar-refractivity contribution in [1.29, 1.82) is 0 Å². The molecule has 2 amide bonds. The zero-order valence-corrected chi connectivity index (χ0v) is 24.9. The third-order valence-electron chi connectivity index (χ3n) is 8.36. The summed E-state index contributed by atoms with van der Waals surface area (Å²) in [4.78, 5) is 53.6. The van der Waals surface area contributed by atoms with Crippen LogP contribution >= 0.6 is 0 Å². The van der Waals surface area contributed by atoms with Crippen LogP contribution in [0.2, 0.25) is 0 Å². The lowest BCUT2D eigenvalue weighted by molar-refractivity contribution is -0.131. The maximum atomic E-state index is 13.7. The monoisotopic (exact) mass is 596 g/mol. The number of hydrogen-bond donors (Lipinski definition) is 2. The van der Waals surface area contributed by atoms with Crippen molar-refractivity contribution < 1.29 is 28.7 Å². The predicted octanol–water partition coefficient (Wildman–Crippen LogP) is 6.38. The molecule has 5 rings (SSSR count). The zero-order chi connectivity index (χ0) is 30.7. The van der Waals surface area contributed by atoms with Crippen molar-refractivity contribution in [2.45, 2.75) is 88.5 Å². The second-order valence-electron chi connectivity index (χ2n) is 11.7. The fourth-order valence-corrected chi connectivity index (χ4v) is 5.98. The molecule has 8 nitrogen and oxygen atoms in total. The van der Waals surface area contributed by atoms with Crippen LogP contribution in [0.1, 0.15) is 108 Å². The molecular formula is C36H40N2O6. The minimum absolute atomic E-state index is 0.00166. The van der Waals surface area contributed by atoms with Gasteiger partial charge in [0.15, 0.2) is 0 Å². The Morgan fingerprint density at radius 1 is 0.523 bits per heavy atom. The molecule has 2 unspecified atom stereocenters. The number of carbonyl (C=O) groups is 4. The molecule has 0 radical (unpaired) electrons. The normalized spacial score (nSPS) is 17.1. The van der Waals surface area contributed by atoms with Crippen LogP contribution in [-0.4, -0.2) is 35.8 Å². The van der Waals surface area contributed by atoms with E-state index in [4.69, 9.17) is 9.47 Å². The van der Waals surface area contributed by atoms with E-state index in [0.29, 0.717) is 22.3 Å². The molecular weight excluding hydrogens is 556 g/mol. The Bertz CT molecular complexity index is 1310. The number of hydrogen-bond acceptors (Lipinski definition) is 6. The van der Waals surface area contributed by atoms with Gasteiger partial charge in [0.05, 0.1) is 11.1 Å². The Kier molecular flexibility index (Phi) is 10.8. The summed E-state index contributed by atoms with van der Waals surface area (Å²) in [6, 6.07) is 23.7. The molecule has 0 aromatic heterocycles. The summed E-state index contributed by atoms with van der Waals surface area (Å²) in [6.07, 6.45) is 7.30. The van der Waals surface area contributed by atoms with Gasteiger partial charge in [-0.25, -0.2) is 9.59 Å². The highest BCUT2D eigenvalue weighted by atomic mass is 16.6. The Labute approximate surface area is 258 Å². The molecule has 2 atom stereocenters. The van der Waals surface area contributed by atoms with Gasteiger partial charge in [-0.15, -0.1) is 0 Å². The van der Waals surface area contributed by atoms with E-state index in [2.05, 4.69) is 10.6 Å². The fourth-order valence-electron chi connectivity index (χ4n) is 5.98. The van der Waals surface area contributed by atoms with Crippen LogP contribution in [-0.2, 0) is 19.1 Å². The Hall–Kier alpha value is -4.46. The van der Waals surface area contributed by atoms with Gasteiger partial charge in [0, 0.05) is 23.2 Å². The lowest BCUT2D eigenvalue weighted by Gasteiger charge is -2.27. The zero-order valence-electron chi connectivity index (χ0n) is 24.9. The molecule has 0 bridgehead atoms. The predicted molar refractivity (Wildman–Crippen MR) is 166 cm³/mol. The third-order valence-corrected chi connectivity index (χ3v) is 8.36. The average Bonchev–Trinajstić information content (AvgIpc) is 3.07. The summed E-state index contributed by atoms with van der Waals surface area (Å²) in [6.45, 7) is 0. The molecule has 44 heavy (non-hydrogen) atoms. The van der Waals surface area contributed by atoms with E-state index >= 15 is 0 Å². The van der Waals surface area contributed by atoms with E-state index in [9.17, 15) is 19.2 Å². The lowest BCUT2D eigenvalue weighted by Crippen LogP contribution is -2.41. The molecule has 3 aromatic carbocycles. The van der Waals surface area contributed by atoms with Gasteiger partial charge in [-0.05, 0) is 56.0 Å². The van der Waals surface area contributed by atoms with Crippen LogP contribution in [0.25, 0.3) is 0 Å². The Morgan fingerprint density at radius 2 is 0.909 bits per heavy atom. The van der Waals surface area contributed by atoms with Crippen molar-refractivity contribution in [3.63, 3.8) is 0 Å². The minimum atomic E-state index is -1.27. The average molecular weight is 597 g/mol. The second-order valence-corrected chi connectivity index (χ2v) is 11.7. The fraction of sp³-hybridized carbons (Fsp3) is 0.389. The highest BCUT2D eigenvalue weighted by Crippen LogP contribution is 2.28. The van der Waals surface area contributed by atoms with Gasteiger partial charge in [0.1, 0.15) is 0 Å². The van der Waals surface area contributed by atoms with Gasteiger partial charge in [0.2, 0.25) is 12.2 Å². The van der Waals surface area contributed by atoms with Crippen LogP contribution in [0.4, 0.5) is 0 Å². The molecule has 2 aliphatic rings. The highest BCUT2D eigenvalue weighted by Gasteiger charge is 2.32. The number of rotatable bonds is 10. The number of ether oxygens (including phenoxy) is 2. The van der Waals surface area contributed by atoms with E-state index < -0.39 is 36.0 Å². The number of esters is 2. The quantitative estimate of drug-likeness (QED) is 0.263. The number of carbonyl (C=O) groups excluding carboxylic acids is 4. The summed E-state index contributed by atoms with van der Waals surface area (Å²) in [5, 5.41) is 6.15. The largest absolute Gasteiger partial charge is 0.444 e. The molecule has 2 fully saturated rings. The SMILES string of the molecule is O=C(OC(C(=O)NC1CCCCC1)c1cccc(C(OC(=O)c2ccccc2)C(=O)NC2CCCCC2)c1)c1ccccc1. The van der Waals surface area contributed by atoms with Crippen LogP contribution in [0.15, 0.2) is 84.9 Å². The van der Waals surface area contributed by atoms with Crippen LogP contribution < -0.4 is 10.6 Å². The van der Waals surface area contributed by atoms with E-state index in [1.165, 1.54) is 0 Å². The molecule has 0 heterocycles. The van der Waals surface area contributed by atoms with Crippen molar-refractivity contribution in [3.05, 3.63) is 107 Å². The van der Waals surface area contributed by atoms with Crippen molar-refractivity contribution in [2.75, 3.05) is 0 Å². The number of amides is 2. The first-order valence-corrected chi connectivity index (χ1v) is 15.7. The second kappa shape index (κ2) is 15.3. The number of nitrogens with one attached hydrogen (secondary N) is 2. The minimum Gasteiger partial charge on any atom is -0.444 e. The summed E-state index contributed by atoms with van der Waals surface area (Å²) in [5.41, 5.74) is 1.40. The third kappa shape index (κ3) is 8.34.